The van der Waals surface area contributed by atoms with Crippen LogP contribution in [0.5, 0.6) is 0 Å². The molecule has 0 radical (unpaired) electrons. The third kappa shape index (κ3) is 5.10. The van der Waals surface area contributed by atoms with E-state index in [1.54, 1.807) is 0 Å². The van der Waals surface area contributed by atoms with Gasteiger partial charge in [0.2, 0.25) is 0 Å². The first-order valence-corrected chi connectivity index (χ1v) is 11.2. The molecule has 1 unspecified atom stereocenters. The molecule has 0 bridgehead atoms. The van der Waals surface area contributed by atoms with E-state index in [0.29, 0.717) is 6.73 Å². The average Bonchev–Trinajstić information content (AvgIpc) is 2.91. The first-order valence-electron chi connectivity index (χ1n) is 7.45. The molecule has 0 amide bonds. The van der Waals surface area contributed by atoms with Crippen LogP contribution >= 0.6 is 0 Å². The first kappa shape index (κ1) is 15.9. The molecule has 0 saturated carbocycles. The van der Waals surface area contributed by atoms with Gasteiger partial charge in [-0.25, -0.2) is 4.98 Å². The molecule has 0 aromatic carbocycles. The fraction of sp³-hybridized carbons (Fsp3) is 0.500. The molecular formula is C16H25N3OSi. The molecule has 114 valence electrons. The second-order valence-corrected chi connectivity index (χ2v) is 12.3. The first-order chi connectivity index (χ1) is 9.96. The minimum absolute atomic E-state index is 0.274. The molecule has 0 saturated heterocycles. The fourth-order valence-electron chi connectivity index (χ4n) is 2.04. The SMILES string of the molecule is CC(c1ccncc1)c1cn(COCC[Si](C)(C)C)cn1. The second kappa shape index (κ2) is 7.00. The molecule has 0 spiro atoms. The van der Waals surface area contributed by atoms with Crippen LogP contribution in [0.1, 0.15) is 24.1 Å². The third-order valence-corrected chi connectivity index (χ3v) is 5.24. The van der Waals surface area contributed by atoms with Crippen molar-refractivity contribution in [2.24, 2.45) is 0 Å². The molecule has 2 heterocycles. The predicted molar refractivity (Wildman–Crippen MR) is 88.1 cm³/mol. The van der Waals surface area contributed by atoms with Crippen LogP contribution in [-0.2, 0) is 11.5 Å². The minimum Gasteiger partial charge on any atom is -0.361 e. The summed E-state index contributed by atoms with van der Waals surface area (Å²) in [6, 6.07) is 5.27. The van der Waals surface area contributed by atoms with E-state index < -0.39 is 8.07 Å². The Hall–Kier alpha value is -1.46. The zero-order valence-electron chi connectivity index (χ0n) is 13.4. The van der Waals surface area contributed by atoms with Crippen LogP contribution in [0, 0.1) is 0 Å². The predicted octanol–water partition coefficient (Wildman–Crippen LogP) is 3.74. The van der Waals surface area contributed by atoms with E-state index in [1.165, 1.54) is 11.6 Å². The summed E-state index contributed by atoms with van der Waals surface area (Å²) in [6.45, 7) is 10.7. The Kier molecular flexibility index (Phi) is 5.31. The molecular weight excluding hydrogens is 278 g/mol. The van der Waals surface area contributed by atoms with E-state index in [0.717, 1.165) is 12.3 Å². The van der Waals surface area contributed by atoms with Crippen LogP contribution in [0.25, 0.3) is 0 Å². The monoisotopic (exact) mass is 303 g/mol. The van der Waals surface area contributed by atoms with E-state index in [-0.39, 0.29) is 5.92 Å². The minimum atomic E-state index is -1.01. The lowest BCUT2D eigenvalue weighted by Gasteiger charge is -2.15. The van der Waals surface area contributed by atoms with Gasteiger partial charge >= 0.3 is 0 Å². The van der Waals surface area contributed by atoms with Gasteiger partial charge in [-0.2, -0.15) is 0 Å². The molecule has 4 nitrogen and oxygen atoms in total. The summed E-state index contributed by atoms with van der Waals surface area (Å²) in [5.41, 5.74) is 2.30. The van der Waals surface area contributed by atoms with Gasteiger partial charge in [0.1, 0.15) is 6.73 Å². The fourth-order valence-corrected chi connectivity index (χ4v) is 2.80. The number of ether oxygens (including phenoxy) is 1. The van der Waals surface area contributed by atoms with Gasteiger partial charge in [0.15, 0.2) is 0 Å². The summed E-state index contributed by atoms with van der Waals surface area (Å²) >= 11 is 0. The third-order valence-electron chi connectivity index (χ3n) is 3.54. The van der Waals surface area contributed by atoms with Crippen molar-refractivity contribution >= 4 is 8.07 Å². The molecule has 5 heteroatoms. The Morgan fingerprint density at radius 3 is 2.62 bits per heavy atom. The largest absolute Gasteiger partial charge is 0.361 e. The van der Waals surface area contributed by atoms with Gasteiger partial charge in [0, 0.05) is 39.2 Å². The molecule has 0 fully saturated rings. The van der Waals surface area contributed by atoms with Crippen molar-refractivity contribution in [3.8, 4) is 0 Å². The van der Waals surface area contributed by atoms with Gasteiger partial charge in [-0.15, -0.1) is 0 Å². The molecule has 0 N–H and O–H groups in total. The van der Waals surface area contributed by atoms with E-state index in [1.807, 2.05) is 35.4 Å². The maximum absolute atomic E-state index is 5.74. The van der Waals surface area contributed by atoms with Crippen molar-refractivity contribution < 1.29 is 4.74 Å². The number of pyridine rings is 1. The lowest BCUT2D eigenvalue weighted by molar-refractivity contribution is 0.0871. The summed E-state index contributed by atoms with van der Waals surface area (Å²) in [5, 5.41) is 0. The number of aromatic nitrogens is 3. The van der Waals surface area contributed by atoms with Crippen molar-refractivity contribution in [3.05, 3.63) is 48.3 Å². The van der Waals surface area contributed by atoms with Crippen LogP contribution in [0.3, 0.4) is 0 Å². The van der Waals surface area contributed by atoms with Crippen molar-refractivity contribution in [2.45, 2.75) is 45.3 Å². The average molecular weight is 303 g/mol. The van der Waals surface area contributed by atoms with E-state index in [4.69, 9.17) is 4.74 Å². The Morgan fingerprint density at radius 2 is 1.95 bits per heavy atom. The number of nitrogens with zero attached hydrogens (tertiary/aromatic N) is 3. The Balaban J connectivity index is 1.87. The normalized spacial score (nSPS) is 13.3. The molecule has 0 aliphatic heterocycles. The Morgan fingerprint density at radius 1 is 1.24 bits per heavy atom. The van der Waals surface area contributed by atoms with E-state index in [2.05, 4.69) is 42.7 Å². The highest BCUT2D eigenvalue weighted by Crippen LogP contribution is 2.21. The van der Waals surface area contributed by atoms with Crippen LogP contribution in [0.2, 0.25) is 25.7 Å². The smallest absolute Gasteiger partial charge is 0.123 e. The van der Waals surface area contributed by atoms with Crippen molar-refractivity contribution in [1.29, 1.82) is 0 Å². The number of imidazole rings is 1. The van der Waals surface area contributed by atoms with Crippen LogP contribution in [-0.4, -0.2) is 29.2 Å². The number of hydrogen-bond acceptors (Lipinski definition) is 3. The van der Waals surface area contributed by atoms with Crippen molar-refractivity contribution in [2.75, 3.05) is 6.61 Å². The summed E-state index contributed by atoms with van der Waals surface area (Å²) in [6.07, 6.45) is 7.56. The maximum Gasteiger partial charge on any atom is 0.123 e. The standard InChI is InChI=1S/C16H25N3OSi/c1-14(15-5-7-17-8-6-15)16-11-19(12-18-16)13-20-9-10-21(2,3)4/h5-8,11-12,14H,9-10,13H2,1-4H3. The highest BCUT2D eigenvalue weighted by molar-refractivity contribution is 6.76. The van der Waals surface area contributed by atoms with Crippen LogP contribution in [0.4, 0.5) is 0 Å². The molecule has 21 heavy (non-hydrogen) atoms. The molecule has 2 rings (SSSR count). The number of rotatable bonds is 7. The lowest BCUT2D eigenvalue weighted by Crippen LogP contribution is -2.21. The molecule has 1 atom stereocenters. The quantitative estimate of drug-likeness (QED) is 0.578. The van der Waals surface area contributed by atoms with Gasteiger partial charge < -0.3 is 9.30 Å². The summed E-state index contributed by atoms with van der Waals surface area (Å²) in [5.74, 6) is 0.274. The second-order valence-electron chi connectivity index (χ2n) is 6.66. The van der Waals surface area contributed by atoms with E-state index in [9.17, 15) is 0 Å². The Labute approximate surface area is 128 Å². The maximum atomic E-state index is 5.74. The summed E-state index contributed by atoms with van der Waals surface area (Å²) in [4.78, 5) is 8.55. The molecule has 2 aromatic heterocycles. The molecule has 0 aliphatic carbocycles. The molecule has 0 aliphatic rings. The topological polar surface area (TPSA) is 39.9 Å². The molecule has 2 aromatic rings. The van der Waals surface area contributed by atoms with E-state index >= 15 is 0 Å². The van der Waals surface area contributed by atoms with Gasteiger partial charge in [-0.3, -0.25) is 4.98 Å². The Bertz CT molecular complexity index is 548. The highest BCUT2D eigenvalue weighted by Gasteiger charge is 2.13. The van der Waals surface area contributed by atoms with Gasteiger partial charge in [0.25, 0.3) is 0 Å². The van der Waals surface area contributed by atoms with Gasteiger partial charge in [-0.05, 0) is 23.7 Å². The van der Waals surface area contributed by atoms with Crippen LogP contribution in [0.15, 0.2) is 37.1 Å². The lowest BCUT2D eigenvalue weighted by atomic mass is 10.00. The number of hydrogen-bond donors (Lipinski definition) is 0. The van der Waals surface area contributed by atoms with Gasteiger partial charge in [0.05, 0.1) is 12.0 Å². The highest BCUT2D eigenvalue weighted by atomic mass is 28.3. The summed E-state index contributed by atoms with van der Waals surface area (Å²) in [7, 11) is -1.01. The van der Waals surface area contributed by atoms with Gasteiger partial charge in [-0.1, -0.05) is 26.6 Å². The van der Waals surface area contributed by atoms with Crippen molar-refractivity contribution in [3.63, 3.8) is 0 Å². The zero-order valence-corrected chi connectivity index (χ0v) is 14.4. The zero-order chi connectivity index (χ0) is 15.3. The summed E-state index contributed by atoms with van der Waals surface area (Å²) < 4.78 is 7.75. The van der Waals surface area contributed by atoms with Crippen molar-refractivity contribution in [1.82, 2.24) is 14.5 Å². The van der Waals surface area contributed by atoms with Crippen LogP contribution < -0.4 is 0 Å².